The number of benzene rings is 1. The van der Waals surface area contributed by atoms with Crippen LogP contribution in [0.5, 0.6) is 5.75 Å². The Kier molecular flexibility index (Phi) is 2.45. The molecule has 0 radical (unpaired) electrons. The first kappa shape index (κ1) is 10.1. The lowest BCUT2D eigenvalue weighted by Crippen LogP contribution is -2.15. The second kappa shape index (κ2) is 3.63. The molecule has 0 saturated heterocycles. The van der Waals surface area contributed by atoms with E-state index in [2.05, 4.69) is 15.9 Å². The predicted octanol–water partition coefficient (Wildman–Crippen LogP) is 2.08. The van der Waals surface area contributed by atoms with Crippen LogP contribution in [0, 0.1) is 10.1 Å². The van der Waals surface area contributed by atoms with Crippen molar-refractivity contribution in [1.82, 2.24) is 0 Å². The summed E-state index contributed by atoms with van der Waals surface area (Å²) in [4.78, 5) is 10.1. The number of fused-ring (bicyclic) bond motifs is 1. The maximum Gasteiger partial charge on any atom is 0.271 e. The van der Waals surface area contributed by atoms with Crippen LogP contribution in [0.15, 0.2) is 22.7 Å². The van der Waals surface area contributed by atoms with Crippen molar-refractivity contribution in [2.75, 3.05) is 0 Å². The fourth-order valence-electron chi connectivity index (χ4n) is 1.30. The van der Waals surface area contributed by atoms with Gasteiger partial charge in [-0.2, -0.15) is 0 Å². The first-order chi connectivity index (χ1) is 7.08. The molecule has 0 aromatic heterocycles. The van der Waals surface area contributed by atoms with Gasteiger partial charge in [0.15, 0.2) is 0 Å². The molecule has 0 aliphatic carbocycles. The third-order valence-electron chi connectivity index (χ3n) is 1.95. The molecule has 1 aromatic rings. The molecule has 0 bridgehead atoms. The maximum atomic E-state index is 10.6. The van der Waals surface area contributed by atoms with E-state index in [1.807, 2.05) is 0 Å². The minimum absolute atomic E-state index is 0.0229. The molecule has 0 saturated carbocycles. The van der Waals surface area contributed by atoms with Crippen molar-refractivity contribution in [3.8, 4) is 5.75 Å². The number of hydrogen-bond acceptors (Lipinski definition) is 4. The summed E-state index contributed by atoms with van der Waals surface area (Å²) in [6, 6.07) is 2.73. The minimum Gasteiger partial charge on any atom is -0.460 e. The van der Waals surface area contributed by atoms with Crippen LogP contribution >= 0.6 is 15.9 Å². The molecule has 1 unspecified atom stereocenters. The zero-order chi connectivity index (χ0) is 11.0. The number of nitro groups is 1. The van der Waals surface area contributed by atoms with E-state index in [1.54, 1.807) is 6.08 Å². The molecule has 1 aliphatic heterocycles. The first-order valence-electron chi connectivity index (χ1n) is 4.09. The highest BCUT2D eigenvalue weighted by Gasteiger charge is 2.19. The van der Waals surface area contributed by atoms with Gasteiger partial charge in [0.25, 0.3) is 5.69 Å². The Balaban J connectivity index is 2.55. The van der Waals surface area contributed by atoms with Gasteiger partial charge in [-0.05, 0) is 28.1 Å². The van der Waals surface area contributed by atoms with Gasteiger partial charge in [-0.3, -0.25) is 10.1 Å². The average Bonchev–Trinajstić information content (AvgIpc) is 2.18. The monoisotopic (exact) mass is 271 g/mol. The molecule has 15 heavy (non-hydrogen) atoms. The summed E-state index contributed by atoms with van der Waals surface area (Å²) in [5.41, 5.74) is 0.548. The van der Waals surface area contributed by atoms with Crippen LogP contribution in [-0.4, -0.2) is 16.3 Å². The molecule has 1 aliphatic rings. The zero-order valence-electron chi connectivity index (χ0n) is 7.38. The van der Waals surface area contributed by atoms with E-state index in [0.717, 1.165) is 0 Å². The van der Waals surface area contributed by atoms with E-state index in [9.17, 15) is 15.2 Å². The lowest BCUT2D eigenvalue weighted by Gasteiger charge is -2.17. The van der Waals surface area contributed by atoms with Gasteiger partial charge in [-0.1, -0.05) is 0 Å². The molecule has 1 aromatic carbocycles. The summed E-state index contributed by atoms with van der Waals surface area (Å²) in [6.07, 6.45) is 2.00. The molecule has 1 N–H and O–H groups in total. The highest BCUT2D eigenvalue weighted by molar-refractivity contribution is 9.10. The summed E-state index contributed by atoms with van der Waals surface area (Å²) in [6.45, 7) is 0. The molecule has 1 atom stereocenters. The molecule has 0 fully saturated rings. The van der Waals surface area contributed by atoms with Gasteiger partial charge in [0.2, 0.25) is 6.29 Å². The number of non-ortho nitro benzene ring substituents is 1. The number of aliphatic hydroxyl groups is 1. The maximum absolute atomic E-state index is 10.6. The van der Waals surface area contributed by atoms with Crippen molar-refractivity contribution in [3.05, 3.63) is 38.4 Å². The van der Waals surface area contributed by atoms with Crippen molar-refractivity contribution in [2.45, 2.75) is 6.29 Å². The van der Waals surface area contributed by atoms with E-state index >= 15 is 0 Å². The largest absolute Gasteiger partial charge is 0.460 e. The van der Waals surface area contributed by atoms with Gasteiger partial charge in [-0.15, -0.1) is 0 Å². The average molecular weight is 272 g/mol. The third-order valence-corrected chi connectivity index (χ3v) is 2.54. The van der Waals surface area contributed by atoms with Crippen molar-refractivity contribution in [2.24, 2.45) is 0 Å². The first-order valence-corrected chi connectivity index (χ1v) is 4.88. The Morgan fingerprint density at radius 3 is 2.93 bits per heavy atom. The van der Waals surface area contributed by atoms with Gasteiger partial charge >= 0.3 is 0 Å². The van der Waals surface area contributed by atoms with E-state index in [0.29, 0.717) is 15.8 Å². The van der Waals surface area contributed by atoms with Crippen molar-refractivity contribution in [3.63, 3.8) is 0 Å². The van der Waals surface area contributed by atoms with Crippen molar-refractivity contribution in [1.29, 1.82) is 0 Å². The molecule has 1 heterocycles. The highest BCUT2D eigenvalue weighted by Crippen LogP contribution is 2.36. The van der Waals surface area contributed by atoms with Gasteiger partial charge in [-0.25, -0.2) is 0 Å². The SMILES string of the molecule is O=[N+]([O-])c1cc(Br)c2c(c1)C=CC(O)O2. The quantitative estimate of drug-likeness (QED) is 0.627. The molecule has 0 spiro atoms. The molecule has 2 rings (SSSR count). The molecule has 5 nitrogen and oxygen atoms in total. The van der Waals surface area contributed by atoms with Crippen LogP contribution in [0.2, 0.25) is 0 Å². The van der Waals surface area contributed by atoms with E-state index < -0.39 is 11.2 Å². The molecule has 6 heteroatoms. The van der Waals surface area contributed by atoms with Crippen LogP contribution < -0.4 is 4.74 Å². The van der Waals surface area contributed by atoms with Crippen LogP contribution in [0.4, 0.5) is 5.69 Å². The second-order valence-electron chi connectivity index (χ2n) is 2.97. The van der Waals surface area contributed by atoms with Gasteiger partial charge in [0, 0.05) is 17.7 Å². The predicted molar refractivity (Wildman–Crippen MR) is 56.5 cm³/mol. The van der Waals surface area contributed by atoms with Crippen LogP contribution in [0.1, 0.15) is 5.56 Å². The number of aliphatic hydroxyl groups excluding tert-OH is 1. The van der Waals surface area contributed by atoms with E-state index in [1.165, 1.54) is 18.2 Å². The fourth-order valence-corrected chi connectivity index (χ4v) is 1.86. The number of hydrogen-bond donors (Lipinski definition) is 1. The number of halogens is 1. The standard InChI is InChI=1S/C9H6BrNO4/c10-7-4-6(11(13)14)3-5-1-2-8(12)15-9(5)7/h1-4,8,12H. The summed E-state index contributed by atoms with van der Waals surface area (Å²) in [5.74, 6) is 0.413. The van der Waals surface area contributed by atoms with Crippen molar-refractivity contribution >= 4 is 27.7 Å². The Morgan fingerprint density at radius 1 is 1.53 bits per heavy atom. The highest BCUT2D eigenvalue weighted by atomic mass is 79.9. The van der Waals surface area contributed by atoms with Crippen LogP contribution in [0.25, 0.3) is 6.08 Å². The van der Waals surface area contributed by atoms with Gasteiger partial charge in [0.1, 0.15) is 5.75 Å². The lowest BCUT2D eigenvalue weighted by atomic mass is 10.1. The topological polar surface area (TPSA) is 72.6 Å². The summed E-state index contributed by atoms with van der Waals surface area (Å²) in [7, 11) is 0. The summed E-state index contributed by atoms with van der Waals surface area (Å²) < 4.78 is 5.55. The fraction of sp³-hybridized carbons (Fsp3) is 0.111. The summed E-state index contributed by atoms with van der Waals surface area (Å²) in [5, 5.41) is 19.8. The third kappa shape index (κ3) is 1.86. The minimum atomic E-state index is -1.00. The Bertz CT molecular complexity index is 458. The number of rotatable bonds is 1. The van der Waals surface area contributed by atoms with Gasteiger partial charge in [0.05, 0.1) is 9.40 Å². The van der Waals surface area contributed by atoms with Crippen molar-refractivity contribution < 1.29 is 14.8 Å². The van der Waals surface area contributed by atoms with E-state index in [4.69, 9.17) is 4.74 Å². The molecule has 0 amide bonds. The zero-order valence-corrected chi connectivity index (χ0v) is 8.97. The summed E-state index contributed by atoms with van der Waals surface area (Å²) >= 11 is 3.15. The second-order valence-corrected chi connectivity index (χ2v) is 3.82. The van der Waals surface area contributed by atoms with Crippen LogP contribution in [0.3, 0.4) is 0 Å². The Hall–Kier alpha value is -1.40. The molecule has 78 valence electrons. The number of nitrogens with zero attached hydrogens (tertiary/aromatic N) is 1. The number of nitro benzene ring substituents is 1. The normalized spacial score (nSPS) is 18.1. The van der Waals surface area contributed by atoms with E-state index in [-0.39, 0.29) is 5.69 Å². The Labute approximate surface area is 93.3 Å². The molecular formula is C9H6BrNO4. The number of ether oxygens (including phenoxy) is 1. The lowest BCUT2D eigenvalue weighted by molar-refractivity contribution is -0.385. The molecular weight excluding hydrogens is 266 g/mol. The van der Waals surface area contributed by atoms with Gasteiger partial charge < -0.3 is 9.84 Å². The van der Waals surface area contributed by atoms with Crippen LogP contribution in [-0.2, 0) is 0 Å². The smallest absolute Gasteiger partial charge is 0.271 e. The Morgan fingerprint density at radius 2 is 2.27 bits per heavy atom.